The Morgan fingerprint density at radius 1 is 0.977 bits per heavy atom. The van der Waals surface area contributed by atoms with Crippen LogP contribution in [0.4, 0.5) is 13.6 Å². The molecule has 5 rings (SSSR count). The van der Waals surface area contributed by atoms with Gasteiger partial charge in [0, 0.05) is 62.3 Å². The summed E-state index contributed by atoms with van der Waals surface area (Å²) < 4.78 is 28.3. The number of hydrogen-bond acceptors (Lipinski definition) is 5. The Balaban J connectivity index is 1.29. The van der Waals surface area contributed by atoms with E-state index in [2.05, 4.69) is 16.0 Å². The molecule has 1 fully saturated rings. The zero-order valence-corrected chi connectivity index (χ0v) is 24.7. The minimum atomic E-state index is -1.26. The van der Waals surface area contributed by atoms with Gasteiger partial charge in [-0.2, -0.15) is 0 Å². The maximum Gasteiger partial charge on any atom is 0.404 e. The van der Waals surface area contributed by atoms with Gasteiger partial charge < -0.3 is 26.0 Å². The molecule has 12 heteroatoms. The maximum atomic E-state index is 14.7. The summed E-state index contributed by atoms with van der Waals surface area (Å²) in [5.74, 6) is -2.02. The van der Waals surface area contributed by atoms with E-state index >= 15 is 0 Å². The van der Waals surface area contributed by atoms with Crippen molar-refractivity contribution in [1.29, 1.82) is 0 Å². The fourth-order valence-electron chi connectivity index (χ4n) is 5.83. The number of benzene rings is 3. The van der Waals surface area contributed by atoms with Gasteiger partial charge in [0.25, 0.3) is 0 Å². The monoisotopic (exact) mass is 625 g/mol. The van der Waals surface area contributed by atoms with Crippen molar-refractivity contribution in [3.63, 3.8) is 0 Å². The minimum absolute atomic E-state index is 0.113. The number of nitrogens with zero attached hydrogens (tertiary/aromatic N) is 2. The molecule has 0 aliphatic carbocycles. The molecule has 3 aromatic rings. The van der Waals surface area contributed by atoms with E-state index in [-0.39, 0.29) is 43.4 Å². The van der Waals surface area contributed by atoms with Crippen LogP contribution in [-0.4, -0.2) is 77.6 Å². The second-order valence-electron chi connectivity index (χ2n) is 11.0. The average Bonchev–Trinajstić information content (AvgIpc) is 3.02. The molecule has 9 nitrogen and oxygen atoms in total. The first-order valence-corrected chi connectivity index (χ1v) is 14.9. The van der Waals surface area contributed by atoms with Crippen molar-refractivity contribution in [3.05, 3.63) is 106 Å². The van der Waals surface area contributed by atoms with E-state index < -0.39 is 35.9 Å². The Hall–Kier alpha value is -4.06. The molecule has 0 radical (unpaired) electrons. The van der Waals surface area contributed by atoms with Crippen LogP contribution in [0.25, 0.3) is 0 Å². The van der Waals surface area contributed by atoms with Crippen molar-refractivity contribution in [2.75, 3.05) is 32.7 Å². The third kappa shape index (κ3) is 7.71. The van der Waals surface area contributed by atoms with Crippen LogP contribution < -0.4 is 16.0 Å². The fourth-order valence-corrected chi connectivity index (χ4v) is 5.96. The second-order valence-corrected chi connectivity index (χ2v) is 11.5. The molecule has 2 aliphatic heterocycles. The number of hydrogen-bond donors (Lipinski definition) is 4. The predicted octanol–water partition coefficient (Wildman–Crippen LogP) is 3.51. The van der Waals surface area contributed by atoms with Crippen LogP contribution >= 0.6 is 11.6 Å². The smallest absolute Gasteiger partial charge is 0.404 e. The Kier molecular flexibility index (Phi) is 10.1. The van der Waals surface area contributed by atoms with Gasteiger partial charge in [0.2, 0.25) is 11.8 Å². The van der Waals surface area contributed by atoms with Gasteiger partial charge in [-0.15, -0.1) is 0 Å². The topological polar surface area (TPSA) is 114 Å². The summed E-state index contributed by atoms with van der Waals surface area (Å²) >= 11 is 6.06. The number of piperazine rings is 1. The first-order chi connectivity index (χ1) is 21.2. The summed E-state index contributed by atoms with van der Waals surface area (Å²) in [6.45, 7) is 1.62. The molecule has 4 N–H and O–H groups in total. The molecule has 0 aromatic heterocycles. The van der Waals surface area contributed by atoms with Crippen LogP contribution in [0, 0.1) is 11.6 Å². The summed E-state index contributed by atoms with van der Waals surface area (Å²) in [6, 6.07) is 16.2. The summed E-state index contributed by atoms with van der Waals surface area (Å²) in [7, 11) is 0. The molecular formula is C32H34ClF2N5O4. The highest BCUT2D eigenvalue weighted by Gasteiger charge is 2.34. The summed E-state index contributed by atoms with van der Waals surface area (Å²) in [6.07, 6.45) is -0.492. The van der Waals surface area contributed by atoms with Gasteiger partial charge in [-0.1, -0.05) is 54.1 Å². The number of amides is 3. The molecule has 3 unspecified atom stereocenters. The average molecular weight is 626 g/mol. The SMILES string of the molecule is O=C(O)NCC(c1ccc(F)cc1F)N1CCN(C(=O)C(Cc2ccc(Cl)cc2)NC(=O)C2Cc3ccccc3CN2)CC1. The third-order valence-electron chi connectivity index (χ3n) is 8.20. The zero-order chi connectivity index (χ0) is 31.2. The Labute approximate surface area is 259 Å². The maximum absolute atomic E-state index is 14.7. The van der Waals surface area contributed by atoms with Crippen LogP contribution in [0.3, 0.4) is 0 Å². The highest BCUT2D eigenvalue weighted by atomic mass is 35.5. The van der Waals surface area contributed by atoms with Gasteiger partial charge in [-0.25, -0.2) is 13.6 Å². The normalized spacial score (nSPS) is 18.2. The standard InChI is InChI=1S/C32H34ClF2N5O4/c33-23-7-5-20(6-8-23)15-28(38-30(41)27-16-21-3-1-2-4-22(21)18-36-27)31(42)40-13-11-39(12-14-40)29(19-37-32(43)44)25-10-9-24(34)17-26(25)35/h1-10,17,27-29,36-37H,11-16,18-19H2,(H,38,41)(H,43,44). The van der Waals surface area contributed by atoms with Crippen LogP contribution in [-0.2, 0) is 29.0 Å². The van der Waals surface area contributed by atoms with Gasteiger partial charge in [0.15, 0.2) is 0 Å². The van der Waals surface area contributed by atoms with Crippen molar-refractivity contribution in [2.24, 2.45) is 0 Å². The molecular weight excluding hydrogens is 592 g/mol. The number of halogens is 3. The minimum Gasteiger partial charge on any atom is -0.465 e. The summed E-state index contributed by atoms with van der Waals surface area (Å²) in [5.41, 5.74) is 3.22. The Bertz CT molecular complexity index is 1500. The molecule has 3 amide bonds. The van der Waals surface area contributed by atoms with Crippen LogP contribution in [0.2, 0.25) is 5.02 Å². The molecule has 3 atom stereocenters. The number of rotatable bonds is 9. The molecule has 1 saturated heterocycles. The summed E-state index contributed by atoms with van der Waals surface area (Å²) in [5, 5.41) is 18.3. The van der Waals surface area contributed by atoms with Crippen molar-refractivity contribution < 1.29 is 28.3 Å². The lowest BCUT2D eigenvalue weighted by molar-refractivity contribution is -0.138. The van der Waals surface area contributed by atoms with Crippen molar-refractivity contribution in [1.82, 2.24) is 25.8 Å². The third-order valence-corrected chi connectivity index (χ3v) is 8.45. The molecule has 2 aliphatic rings. The Morgan fingerprint density at radius 3 is 2.36 bits per heavy atom. The van der Waals surface area contributed by atoms with Crippen LogP contribution in [0.15, 0.2) is 66.7 Å². The molecule has 0 bridgehead atoms. The van der Waals surface area contributed by atoms with Gasteiger partial charge >= 0.3 is 6.09 Å². The highest BCUT2D eigenvalue weighted by Crippen LogP contribution is 2.26. The lowest BCUT2D eigenvalue weighted by Crippen LogP contribution is -2.58. The van der Waals surface area contributed by atoms with Crippen LogP contribution in [0.1, 0.15) is 28.3 Å². The van der Waals surface area contributed by atoms with E-state index in [1.54, 1.807) is 17.0 Å². The number of nitrogens with one attached hydrogen (secondary N) is 3. The Morgan fingerprint density at radius 2 is 1.68 bits per heavy atom. The highest BCUT2D eigenvalue weighted by molar-refractivity contribution is 6.30. The molecule has 2 heterocycles. The van der Waals surface area contributed by atoms with E-state index in [9.17, 15) is 23.2 Å². The van der Waals surface area contributed by atoms with E-state index in [0.29, 0.717) is 31.1 Å². The van der Waals surface area contributed by atoms with Crippen molar-refractivity contribution in [3.8, 4) is 0 Å². The predicted molar refractivity (Wildman–Crippen MR) is 161 cm³/mol. The first-order valence-electron chi connectivity index (χ1n) is 14.5. The van der Waals surface area contributed by atoms with E-state index in [4.69, 9.17) is 16.7 Å². The van der Waals surface area contributed by atoms with Gasteiger partial charge in [-0.3, -0.25) is 14.5 Å². The van der Waals surface area contributed by atoms with Crippen molar-refractivity contribution >= 4 is 29.5 Å². The number of carboxylic acid groups (broad SMARTS) is 1. The summed E-state index contributed by atoms with van der Waals surface area (Å²) in [4.78, 5) is 42.1. The largest absolute Gasteiger partial charge is 0.465 e. The fraction of sp³-hybridized carbons (Fsp3) is 0.344. The lowest BCUT2D eigenvalue weighted by Gasteiger charge is -2.40. The number of carbonyl (C=O) groups is 3. The van der Waals surface area contributed by atoms with E-state index in [1.807, 2.05) is 41.3 Å². The number of fused-ring (bicyclic) bond motifs is 1. The molecule has 44 heavy (non-hydrogen) atoms. The van der Waals surface area contributed by atoms with Crippen LogP contribution in [0.5, 0.6) is 0 Å². The van der Waals surface area contributed by atoms with Crippen molar-refractivity contribution in [2.45, 2.75) is 37.5 Å². The first kappa shape index (κ1) is 31.4. The van der Waals surface area contributed by atoms with E-state index in [1.165, 1.54) is 6.07 Å². The van der Waals surface area contributed by atoms with E-state index in [0.717, 1.165) is 28.8 Å². The van der Waals surface area contributed by atoms with Gasteiger partial charge in [-0.05, 0) is 41.3 Å². The molecule has 0 saturated carbocycles. The zero-order valence-electron chi connectivity index (χ0n) is 23.9. The lowest BCUT2D eigenvalue weighted by atomic mass is 9.95. The quantitative estimate of drug-likeness (QED) is 0.290. The van der Waals surface area contributed by atoms with Gasteiger partial charge in [0.1, 0.15) is 17.7 Å². The second kappa shape index (κ2) is 14.1. The molecule has 232 valence electrons. The molecule has 3 aromatic carbocycles. The molecule has 0 spiro atoms. The number of carbonyl (C=O) groups excluding carboxylic acids is 2. The van der Waals surface area contributed by atoms with Gasteiger partial charge in [0.05, 0.1) is 12.1 Å².